The summed E-state index contributed by atoms with van der Waals surface area (Å²) in [4.78, 5) is 21.6. The minimum Gasteiger partial charge on any atom is -0.436 e. The molecule has 10 heteroatoms. The Hall–Kier alpha value is -3.54. The summed E-state index contributed by atoms with van der Waals surface area (Å²) in [7, 11) is 1.74. The van der Waals surface area contributed by atoms with Gasteiger partial charge in [-0.15, -0.1) is 0 Å². The molecule has 1 fully saturated rings. The Labute approximate surface area is 206 Å². The van der Waals surface area contributed by atoms with E-state index in [1.165, 1.54) is 6.07 Å². The van der Waals surface area contributed by atoms with Crippen LogP contribution < -0.4 is 15.0 Å². The molecule has 1 aliphatic rings. The van der Waals surface area contributed by atoms with Gasteiger partial charge in [0.05, 0.1) is 21.1 Å². The third-order valence-corrected chi connectivity index (χ3v) is 6.03. The summed E-state index contributed by atoms with van der Waals surface area (Å²) in [6.45, 7) is 4.19. The first-order chi connectivity index (χ1) is 16.2. The fourth-order valence-electron chi connectivity index (χ4n) is 3.50. The minimum absolute atomic E-state index is 0.268. The number of hydrogen-bond acceptors (Lipinski definition) is 6. The number of H-pyrrole nitrogens is 1. The number of ether oxygens (including phenoxy) is 1. The van der Waals surface area contributed by atoms with E-state index in [2.05, 4.69) is 29.1 Å². The molecule has 34 heavy (non-hydrogen) atoms. The van der Waals surface area contributed by atoms with Crippen LogP contribution >= 0.6 is 23.2 Å². The van der Waals surface area contributed by atoms with Crippen molar-refractivity contribution in [2.75, 3.05) is 11.9 Å². The molecule has 0 atom stereocenters. The highest BCUT2D eigenvalue weighted by atomic mass is 35.5. The number of fused-ring (bicyclic) bond motifs is 1. The lowest BCUT2D eigenvalue weighted by molar-refractivity contribution is -0.114. The topological polar surface area (TPSA) is 118 Å². The highest BCUT2D eigenvalue weighted by molar-refractivity contribution is 6.44. The number of carbonyl (C=O) groups excluding carboxylic acids is 1. The third-order valence-electron chi connectivity index (χ3n) is 5.47. The van der Waals surface area contributed by atoms with E-state index in [9.17, 15) is 4.79 Å². The van der Waals surface area contributed by atoms with E-state index in [-0.39, 0.29) is 15.8 Å². The molecule has 1 aliphatic carbocycles. The van der Waals surface area contributed by atoms with Gasteiger partial charge in [-0.3, -0.25) is 10.2 Å². The number of aromatic amines is 1. The second-order valence-electron chi connectivity index (χ2n) is 8.24. The quantitative estimate of drug-likeness (QED) is 0.352. The summed E-state index contributed by atoms with van der Waals surface area (Å²) >= 11 is 13.1. The number of nitriles is 1. The lowest BCUT2D eigenvalue weighted by Gasteiger charge is -2.24. The summed E-state index contributed by atoms with van der Waals surface area (Å²) in [6, 6.07) is 8.51. The lowest BCUT2D eigenvalue weighted by Crippen LogP contribution is -2.36. The van der Waals surface area contributed by atoms with Crippen molar-refractivity contribution < 1.29 is 9.53 Å². The lowest BCUT2D eigenvalue weighted by atomic mass is 10.1. The third kappa shape index (κ3) is 4.72. The molecule has 2 aromatic heterocycles. The molecule has 0 radical (unpaired) electrons. The fraction of sp³-hybridized carbons (Fsp3) is 0.250. The number of rotatable bonds is 7. The molecule has 0 saturated heterocycles. The number of allylic oxidation sites excluding steroid dienone is 1. The molecule has 4 rings (SSSR count). The number of pyridine rings is 1. The number of anilines is 1. The van der Waals surface area contributed by atoms with E-state index < -0.39 is 11.6 Å². The maximum Gasteiger partial charge on any atom is 0.285 e. The van der Waals surface area contributed by atoms with E-state index in [1.807, 2.05) is 12.3 Å². The van der Waals surface area contributed by atoms with E-state index in [0.717, 1.165) is 35.0 Å². The van der Waals surface area contributed by atoms with Gasteiger partial charge in [-0.25, -0.2) is 4.98 Å². The summed E-state index contributed by atoms with van der Waals surface area (Å²) in [5, 5.41) is 19.4. The second kappa shape index (κ2) is 9.37. The summed E-state index contributed by atoms with van der Waals surface area (Å²) in [6.07, 6.45) is 3.57. The average molecular weight is 497 g/mol. The number of benzene rings is 1. The zero-order valence-corrected chi connectivity index (χ0v) is 20.3. The molecule has 0 unspecified atom stereocenters. The molecule has 1 amide bonds. The monoisotopic (exact) mass is 496 g/mol. The maximum absolute atomic E-state index is 12.1. The number of aromatic nitrogens is 2. The first-order valence-electron chi connectivity index (χ1n) is 10.6. The van der Waals surface area contributed by atoms with Crippen LogP contribution in [0.2, 0.25) is 10.0 Å². The Kier molecular flexibility index (Phi) is 6.51. The Morgan fingerprint density at radius 3 is 2.56 bits per heavy atom. The first-order valence-corrected chi connectivity index (χ1v) is 11.4. The van der Waals surface area contributed by atoms with Crippen molar-refractivity contribution in [3.63, 3.8) is 0 Å². The van der Waals surface area contributed by atoms with Crippen molar-refractivity contribution in [2.24, 2.45) is 0 Å². The van der Waals surface area contributed by atoms with Crippen LogP contribution in [0, 0.1) is 16.7 Å². The number of halogens is 2. The molecule has 174 valence electrons. The van der Waals surface area contributed by atoms with Crippen LogP contribution in [-0.4, -0.2) is 28.6 Å². The van der Waals surface area contributed by atoms with Crippen molar-refractivity contribution >= 4 is 51.5 Å². The van der Waals surface area contributed by atoms with Crippen LogP contribution in [0.1, 0.15) is 38.2 Å². The molecule has 3 N–H and O–H groups in total. The van der Waals surface area contributed by atoms with Gasteiger partial charge in [0, 0.05) is 25.0 Å². The summed E-state index contributed by atoms with van der Waals surface area (Å²) < 4.78 is 5.96. The normalized spacial score (nSPS) is 12.4. The van der Waals surface area contributed by atoms with Gasteiger partial charge in [-0.2, -0.15) is 5.26 Å². The predicted octanol–water partition coefficient (Wildman–Crippen LogP) is 5.89. The molecule has 3 aromatic rings. The van der Waals surface area contributed by atoms with Crippen molar-refractivity contribution in [3.05, 3.63) is 57.5 Å². The van der Waals surface area contributed by atoms with E-state index in [4.69, 9.17) is 38.6 Å². The van der Waals surface area contributed by atoms with Gasteiger partial charge in [0.15, 0.2) is 11.5 Å². The Bertz CT molecular complexity index is 1360. The molecular weight excluding hydrogens is 475 g/mol. The first kappa shape index (κ1) is 23.6. The average Bonchev–Trinajstić information content (AvgIpc) is 3.56. The van der Waals surface area contributed by atoms with E-state index in [1.54, 1.807) is 30.1 Å². The number of amides is 1. The predicted molar refractivity (Wildman–Crippen MR) is 133 cm³/mol. The molecule has 0 bridgehead atoms. The van der Waals surface area contributed by atoms with Crippen molar-refractivity contribution in [2.45, 2.75) is 32.6 Å². The smallest absolute Gasteiger partial charge is 0.285 e. The van der Waals surface area contributed by atoms with Crippen LogP contribution in [0.15, 0.2) is 41.9 Å². The standard InChI is InChI=1S/C24H22Cl2N6O2/c1-12(2)15-11-29-19-6-7-20(30-21(15)19)34-22-16(25)8-14(9-17(22)26)32(3)23(13-4-5-13)31-24(33)18(28)10-27/h6-9,11-12,28-29H,4-5H2,1-3H3,(H,31,33). The zero-order chi connectivity index (χ0) is 24.6. The van der Waals surface area contributed by atoms with Gasteiger partial charge in [-0.05, 0) is 48.1 Å². The Morgan fingerprint density at radius 2 is 1.97 bits per heavy atom. The zero-order valence-electron chi connectivity index (χ0n) is 18.8. The van der Waals surface area contributed by atoms with Gasteiger partial charge in [0.25, 0.3) is 5.91 Å². The maximum atomic E-state index is 12.1. The summed E-state index contributed by atoms with van der Waals surface area (Å²) in [5.74, 6) is 0.664. The van der Waals surface area contributed by atoms with Gasteiger partial charge in [0.1, 0.15) is 11.9 Å². The van der Waals surface area contributed by atoms with Crippen LogP contribution in [0.5, 0.6) is 11.6 Å². The van der Waals surface area contributed by atoms with Crippen molar-refractivity contribution in [1.82, 2.24) is 15.3 Å². The Balaban J connectivity index is 1.61. The highest BCUT2D eigenvalue weighted by Crippen LogP contribution is 2.41. The van der Waals surface area contributed by atoms with E-state index >= 15 is 0 Å². The van der Waals surface area contributed by atoms with Crippen LogP contribution in [0.25, 0.3) is 11.0 Å². The molecule has 0 aliphatic heterocycles. The fourth-order valence-corrected chi connectivity index (χ4v) is 4.05. The second-order valence-corrected chi connectivity index (χ2v) is 9.05. The molecule has 2 heterocycles. The number of carbonyl (C=O) groups is 1. The number of hydrogen-bond donors (Lipinski definition) is 3. The number of nitrogens with zero attached hydrogens (tertiary/aromatic N) is 3. The van der Waals surface area contributed by atoms with Gasteiger partial charge >= 0.3 is 0 Å². The van der Waals surface area contributed by atoms with Crippen molar-refractivity contribution in [3.8, 4) is 17.7 Å². The SMILES string of the molecule is CC(C)c1c[nH]c2ccc(Oc3c(Cl)cc(N(C)C(NC(=O)C(=N)C#N)=C4CC4)cc3Cl)nc12. The van der Waals surface area contributed by atoms with Gasteiger partial charge in [-0.1, -0.05) is 37.0 Å². The molecule has 8 nitrogen and oxygen atoms in total. The van der Waals surface area contributed by atoms with E-state index in [0.29, 0.717) is 23.3 Å². The van der Waals surface area contributed by atoms with Crippen LogP contribution in [-0.2, 0) is 4.79 Å². The molecule has 1 saturated carbocycles. The highest BCUT2D eigenvalue weighted by Gasteiger charge is 2.25. The minimum atomic E-state index is -0.770. The van der Waals surface area contributed by atoms with Gasteiger partial charge < -0.3 is 19.9 Å². The van der Waals surface area contributed by atoms with Gasteiger partial charge in [0.2, 0.25) is 5.88 Å². The van der Waals surface area contributed by atoms with Crippen molar-refractivity contribution in [1.29, 1.82) is 10.7 Å². The largest absolute Gasteiger partial charge is 0.436 e. The number of nitrogens with one attached hydrogen (secondary N) is 3. The molecule has 0 spiro atoms. The van der Waals surface area contributed by atoms with Crippen LogP contribution in [0.3, 0.4) is 0 Å². The molecule has 1 aromatic carbocycles. The Morgan fingerprint density at radius 1 is 1.29 bits per heavy atom. The summed E-state index contributed by atoms with van der Waals surface area (Å²) in [5.41, 5.74) is 3.77. The van der Waals surface area contributed by atoms with Crippen LogP contribution in [0.4, 0.5) is 5.69 Å². The molecular formula is C24H22Cl2N6O2.